The molecule has 4 rings (SSSR count). The Balaban J connectivity index is 1.41. The van der Waals surface area contributed by atoms with Crippen LogP contribution in [-0.4, -0.2) is 37.1 Å². The van der Waals surface area contributed by atoms with Crippen LogP contribution >= 0.6 is 0 Å². The van der Waals surface area contributed by atoms with E-state index in [9.17, 15) is 14.4 Å². The third kappa shape index (κ3) is 5.18. The number of rotatable bonds is 8. The summed E-state index contributed by atoms with van der Waals surface area (Å²) < 4.78 is 16.5. The molecular formula is C26H29NO6. The molecule has 2 aliphatic carbocycles. The van der Waals surface area contributed by atoms with Crippen LogP contribution in [0, 0.1) is 5.92 Å². The van der Waals surface area contributed by atoms with Crippen molar-refractivity contribution in [2.75, 3.05) is 7.11 Å². The summed E-state index contributed by atoms with van der Waals surface area (Å²) >= 11 is 0. The molecule has 1 amide bonds. The van der Waals surface area contributed by atoms with Gasteiger partial charge in [-0.3, -0.25) is 9.59 Å². The highest BCUT2D eigenvalue weighted by Crippen LogP contribution is 2.36. The molecule has 2 aliphatic rings. The molecule has 2 aromatic rings. The van der Waals surface area contributed by atoms with Crippen LogP contribution in [0.25, 0.3) is 0 Å². The zero-order valence-electron chi connectivity index (χ0n) is 19.1. The number of benzene rings is 2. The second-order valence-corrected chi connectivity index (χ2v) is 8.82. The number of para-hydroxylation sites is 1. The monoisotopic (exact) mass is 451 g/mol. The van der Waals surface area contributed by atoms with Crippen molar-refractivity contribution in [3.63, 3.8) is 0 Å². The molecule has 174 valence electrons. The molecule has 0 heterocycles. The van der Waals surface area contributed by atoms with Gasteiger partial charge in [0.1, 0.15) is 12.1 Å². The first-order valence-electron chi connectivity index (χ1n) is 11.3. The molecule has 7 heteroatoms. The van der Waals surface area contributed by atoms with E-state index < -0.39 is 23.9 Å². The van der Waals surface area contributed by atoms with Crippen LogP contribution in [0.1, 0.15) is 60.5 Å². The van der Waals surface area contributed by atoms with Crippen molar-refractivity contribution in [3.8, 4) is 11.5 Å². The predicted molar refractivity (Wildman–Crippen MR) is 121 cm³/mol. The Hall–Kier alpha value is -3.35. The van der Waals surface area contributed by atoms with Crippen LogP contribution in [0.3, 0.4) is 0 Å². The Morgan fingerprint density at radius 1 is 1.09 bits per heavy atom. The van der Waals surface area contributed by atoms with Crippen LogP contribution < -0.4 is 14.8 Å². The fourth-order valence-electron chi connectivity index (χ4n) is 4.16. The van der Waals surface area contributed by atoms with Crippen LogP contribution in [0.15, 0.2) is 42.5 Å². The summed E-state index contributed by atoms with van der Waals surface area (Å²) in [7, 11) is 1.44. The highest BCUT2D eigenvalue weighted by molar-refractivity contribution is 6.00. The molecule has 0 aromatic heterocycles. The standard InChI is InChI=1S/C26H29NO6/c1-15-19-8-5-4-7-18(19)14-22(15)32-26(30)16(2)27-25(29)20-9-6-10-21(31-3)24(20)33-23(28)13-17-11-12-17/h4-10,15-17,22H,11-14H2,1-3H3,(H,27,29)/t15?,16-,22?/m0/s1. The lowest BCUT2D eigenvalue weighted by atomic mass is 10.0. The topological polar surface area (TPSA) is 90.9 Å². The van der Waals surface area contributed by atoms with Gasteiger partial charge in [-0.05, 0) is 48.9 Å². The SMILES string of the molecule is COc1cccc(C(=O)N[C@@H](C)C(=O)OC2Cc3ccccc3C2C)c1OC(=O)CC1CC1. The first kappa shape index (κ1) is 22.8. The third-order valence-corrected chi connectivity index (χ3v) is 6.30. The average Bonchev–Trinajstić information content (AvgIpc) is 3.56. The molecule has 0 radical (unpaired) electrons. The molecule has 3 atom stereocenters. The van der Waals surface area contributed by atoms with Gasteiger partial charge in [0.25, 0.3) is 5.91 Å². The van der Waals surface area contributed by atoms with Gasteiger partial charge in [-0.15, -0.1) is 0 Å². The smallest absolute Gasteiger partial charge is 0.328 e. The van der Waals surface area contributed by atoms with Crippen molar-refractivity contribution in [2.24, 2.45) is 5.92 Å². The number of ether oxygens (including phenoxy) is 3. The Bertz CT molecular complexity index is 1060. The molecule has 1 fully saturated rings. The molecule has 1 N–H and O–H groups in total. The first-order valence-corrected chi connectivity index (χ1v) is 11.3. The Labute approximate surface area is 193 Å². The molecule has 0 spiro atoms. The molecule has 0 saturated heterocycles. The third-order valence-electron chi connectivity index (χ3n) is 6.30. The largest absolute Gasteiger partial charge is 0.493 e. The van der Waals surface area contributed by atoms with Gasteiger partial charge in [-0.2, -0.15) is 0 Å². The summed E-state index contributed by atoms with van der Waals surface area (Å²) in [6, 6.07) is 11.9. The second-order valence-electron chi connectivity index (χ2n) is 8.82. The number of hydrogen-bond donors (Lipinski definition) is 1. The number of fused-ring (bicyclic) bond motifs is 1. The highest BCUT2D eigenvalue weighted by atomic mass is 16.6. The van der Waals surface area contributed by atoms with E-state index in [0.717, 1.165) is 12.8 Å². The van der Waals surface area contributed by atoms with Gasteiger partial charge in [0, 0.05) is 18.8 Å². The lowest BCUT2D eigenvalue weighted by Gasteiger charge is -2.21. The summed E-state index contributed by atoms with van der Waals surface area (Å²) in [6.45, 7) is 3.61. The van der Waals surface area contributed by atoms with Crippen molar-refractivity contribution in [2.45, 2.75) is 57.6 Å². The van der Waals surface area contributed by atoms with Crippen LogP contribution in [0.5, 0.6) is 11.5 Å². The molecule has 0 bridgehead atoms. The van der Waals surface area contributed by atoms with Crippen molar-refractivity contribution >= 4 is 17.8 Å². The van der Waals surface area contributed by atoms with E-state index in [1.165, 1.54) is 24.3 Å². The number of methoxy groups -OCH3 is 1. The van der Waals surface area contributed by atoms with Gasteiger partial charge in [0.2, 0.25) is 0 Å². The van der Waals surface area contributed by atoms with E-state index in [0.29, 0.717) is 18.8 Å². The maximum Gasteiger partial charge on any atom is 0.328 e. The van der Waals surface area contributed by atoms with Crippen LogP contribution in [-0.2, 0) is 20.7 Å². The predicted octanol–water partition coefficient (Wildman–Crippen LogP) is 3.79. The maximum absolute atomic E-state index is 13.0. The van der Waals surface area contributed by atoms with Crippen molar-refractivity contribution in [3.05, 3.63) is 59.2 Å². The summed E-state index contributed by atoms with van der Waals surface area (Å²) in [4.78, 5) is 38.0. The highest BCUT2D eigenvalue weighted by Gasteiger charge is 2.33. The number of nitrogens with one attached hydrogen (secondary N) is 1. The van der Waals surface area contributed by atoms with Crippen molar-refractivity contribution < 1.29 is 28.6 Å². The maximum atomic E-state index is 13.0. The molecule has 2 aromatic carbocycles. The molecule has 0 aliphatic heterocycles. The molecule has 7 nitrogen and oxygen atoms in total. The minimum atomic E-state index is -0.880. The number of hydrogen-bond acceptors (Lipinski definition) is 6. The zero-order chi connectivity index (χ0) is 23.5. The first-order chi connectivity index (χ1) is 15.9. The van der Waals surface area contributed by atoms with E-state index in [-0.39, 0.29) is 29.1 Å². The van der Waals surface area contributed by atoms with Gasteiger partial charge < -0.3 is 19.5 Å². The van der Waals surface area contributed by atoms with Gasteiger partial charge in [0.05, 0.1) is 12.7 Å². The second kappa shape index (κ2) is 9.65. The number of carbonyl (C=O) groups is 3. The number of esters is 2. The molecular weight excluding hydrogens is 422 g/mol. The van der Waals surface area contributed by atoms with E-state index in [2.05, 4.69) is 5.32 Å². The Morgan fingerprint density at radius 2 is 1.85 bits per heavy atom. The fourth-order valence-corrected chi connectivity index (χ4v) is 4.16. The summed E-state index contributed by atoms with van der Waals surface area (Å²) in [6.07, 6.45) is 2.71. The van der Waals surface area contributed by atoms with Crippen molar-refractivity contribution in [1.29, 1.82) is 0 Å². The minimum absolute atomic E-state index is 0.0589. The van der Waals surface area contributed by atoms with Gasteiger partial charge in [-0.1, -0.05) is 37.3 Å². The van der Waals surface area contributed by atoms with Gasteiger partial charge in [-0.25, -0.2) is 4.79 Å². The summed E-state index contributed by atoms with van der Waals surface area (Å²) in [5, 5.41) is 2.66. The van der Waals surface area contributed by atoms with Crippen LogP contribution in [0.2, 0.25) is 0 Å². The molecule has 2 unspecified atom stereocenters. The summed E-state index contributed by atoms with van der Waals surface area (Å²) in [5.74, 6) is -0.688. The van der Waals surface area contributed by atoms with E-state index in [1.807, 2.05) is 31.2 Å². The number of carbonyl (C=O) groups excluding carboxylic acids is 3. The zero-order valence-corrected chi connectivity index (χ0v) is 19.1. The minimum Gasteiger partial charge on any atom is -0.493 e. The lowest BCUT2D eigenvalue weighted by Crippen LogP contribution is -2.41. The van der Waals surface area contributed by atoms with E-state index in [4.69, 9.17) is 14.2 Å². The van der Waals surface area contributed by atoms with E-state index in [1.54, 1.807) is 19.1 Å². The van der Waals surface area contributed by atoms with Gasteiger partial charge >= 0.3 is 11.9 Å². The quantitative estimate of drug-likeness (QED) is 0.485. The van der Waals surface area contributed by atoms with Gasteiger partial charge in [0.15, 0.2) is 11.5 Å². The average molecular weight is 452 g/mol. The molecule has 1 saturated carbocycles. The van der Waals surface area contributed by atoms with E-state index >= 15 is 0 Å². The summed E-state index contributed by atoms with van der Waals surface area (Å²) in [5.41, 5.74) is 2.48. The van der Waals surface area contributed by atoms with Crippen LogP contribution in [0.4, 0.5) is 0 Å². The Kier molecular flexibility index (Phi) is 6.67. The Morgan fingerprint density at radius 3 is 2.55 bits per heavy atom. The lowest BCUT2D eigenvalue weighted by molar-refractivity contribution is -0.151. The van der Waals surface area contributed by atoms with Crippen molar-refractivity contribution in [1.82, 2.24) is 5.32 Å². The fraction of sp³-hybridized carbons (Fsp3) is 0.423. The molecule has 33 heavy (non-hydrogen) atoms. The number of amides is 1. The normalized spacial score (nSPS) is 19.8.